The highest BCUT2D eigenvalue weighted by atomic mass is 35.5. The Morgan fingerprint density at radius 3 is 3.05 bits per heavy atom. The van der Waals surface area contributed by atoms with Crippen molar-refractivity contribution in [2.45, 2.75) is 6.92 Å². The number of rotatable bonds is 5. The second-order valence-electron chi connectivity index (χ2n) is 4.54. The molecule has 0 aliphatic heterocycles. The molecule has 0 aromatic carbocycles. The van der Waals surface area contributed by atoms with Crippen LogP contribution in [0.3, 0.4) is 0 Å². The minimum absolute atomic E-state index is 0.208. The Balaban J connectivity index is 2.30. The van der Waals surface area contributed by atoms with Crippen molar-refractivity contribution in [3.8, 4) is 5.69 Å². The quantitative estimate of drug-likeness (QED) is 0.848. The molecule has 2 aromatic heterocycles. The molecule has 7 heteroatoms. The van der Waals surface area contributed by atoms with Gasteiger partial charge in [-0.1, -0.05) is 18.5 Å². The molecule has 0 N–H and O–H groups in total. The van der Waals surface area contributed by atoms with Crippen molar-refractivity contribution < 1.29 is 6.17 Å². The molecule has 0 saturated carbocycles. The number of pyridine rings is 1. The van der Waals surface area contributed by atoms with Crippen LogP contribution >= 0.6 is 23.4 Å². The molecule has 0 fully saturated rings. The van der Waals surface area contributed by atoms with E-state index in [2.05, 4.69) is 10.1 Å². The summed E-state index contributed by atoms with van der Waals surface area (Å²) in [5, 5.41) is 4.40. The fourth-order valence-corrected chi connectivity index (χ4v) is 2.68. The monoisotopic (exact) mass is 325 g/mol. The highest BCUT2D eigenvalue weighted by Gasteiger charge is 2.22. The van der Waals surface area contributed by atoms with Crippen molar-refractivity contribution in [2.75, 3.05) is 24.0 Å². The van der Waals surface area contributed by atoms with E-state index in [1.807, 2.05) is 12.3 Å². The second-order valence-corrected chi connectivity index (χ2v) is 5.76. The first kappa shape index (κ1) is 14.4. The number of carbonyl (C=O) groups is 1. The van der Waals surface area contributed by atoms with E-state index in [4.69, 9.17) is 13.0 Å². The predicted molar refractivity (Wildman–Crippen MR) is 87.3 cm³/mol. The van der Waals surface area contributed by atoms with Gasteiger partial charge >= 0.3 is 0 Å². The van der Waals surface area contributed by atoms with E-state index in [0.717, 1.165) is 5.69 Å². The van der Waals surface area contributed by atoms with Crippen LogP contribution in [0.15, 0.2) is 30.7 Å². The second kappa shape index (κ2) is 6.95. The van der Waals surface area contributed by atoms with E-state index >= 15 is 0 Å². The molecule has 112 valence electrons. The molecule has 5 nitrogen and oxygen atoms in total. The van der Waals surface area contributed by atoms with E-state index < -0.39 is 5.89 Å². The van der Waals surface area contributed by atoms with Gasteiger partial charge in [-0.05, 0) is 18.4 Å². The Bertz CT molecular complexity index is 662. The lowest BCUT2D eigenvalue weighted by atomic mass is 10.2. The van der Waals surface area contributed by atoms with Crippen LogP contribution < -0.4 is 4.90 Å². The number of amides is 1. The zero-order valence-corrected chi connectivity index (χ0v) is 13.6. The normalized spacial score (nSPS) is 14.4. The van der Waals surface area contributed by atoms with Gasteiger partial charge in [-0.15, -0.1) is 0 Å². The summed E-state index contributed by atoms with van der Waals surface area (Å²) in [5.41, 5.74) is 1.21. The van der Waals surface area contributed by atoms with E-state index in [0.29, 0.717) is 11.4 Å². The fourth-order valence-electron chi connectivity index (χ4n) is 1.86. The highest BCUT2D eigenvalue weighted by molar-refractivity contribution is 7.98. The van der Waals surface area contributed by atoms with Gasteiger partial charge in [0.2, 0.25) is 5.91 Å². The van der Waals surface area contributed by atoms with Crippen LogP contribution in [0.25, 0.3) is 5.69 Å². The summed E-state index contributed by atoms with van der Waals surface area (Å²) in [6.07, 6.45) is 6.84. The minimum Gasteiger partial charge on any atom is -0.311 e. The lowest BCUT2D eigenvalue weighted by Crippen LogP contribution is -2.32. The third-order valence-corrected chi connectivity index (χ3v) is 3.94. The molecular weight excluding hydrogens is 308 g/mol. The SMILES string of the molecule is [2H]C(C)(CSC)C(=O)N(C)c1cn(-c2cccnc2)nc1Cl. The van der Waals surface area contributed by atoms with Crippen molar-refractivity contribution in [2.24, 2.45) is 5.89 Å². The van der Waals surface area contributed by atoms with Gasteiger partial charge < -0.3 is 4.90 Å². The maximum Gasteiger partial charge on any atom is 0.230 e. The van der Waals surface area contributed by atoms with Crippen molar-refractivity contribution >= 4 is 35.0 Å². The number of nitrogens with zero attached hydrogens (tertiary/aromatic N) is 4. The van der Waals surface area contributed by atoms with Crippen LogP contribution in [0, 0.1) is 5.89 Å². The average Bonchev–Trinajstić information content (AvgIpc) is 2.88. The summed E-state index contributed by atoms with van der Waals surface area (Å²) >= 11 is 7.61. The van der Waals surface area contributed by atoms with Gasteiger partial charge in [0.1, 0.15) is 5.69 Å². The lowest BCUT2D eigenvalue weighted by Gasteiger charge is -2.19. The van der Waals surface area contributed by atoms with Crippen LogP contribution in [-0.4, -0.2) is 39.7 Å². The first-order valence-electron chi connectivity index (χ1n) is 6.79. The van der Waals surface area contributed by atoms with Gasteiger partial charge in [0.25, 0.3) is 0 Å². The van der Waals surface area contributed by atoms with Crippen molar-refractivity contribution in [1.29, 1.82) is 0 Å². The molecule has 0 aliphatic rings. The molecule has 0 saturated heterocycles. The molecule has 0 spiro atoms. The predicted octanol–water partition coefficient (Wildman–Crippen LogP) is 2.88. The molecule has 1 unspecified atom stereocenters. The van der Waals surface area contributed by atoms with Crippen LogP contribution in [0.2, 0.25) is 5.15 Å². The summed E-state index contributed by atoms with van der Waals surface area (Å²) in [5.74, 6) is -1.13. The molecule has 2 rings (SSSR count). The van der Waals surface area contributed by atoms with Crippen molar-refractivity contribution in [3.05, 3.63) is 35.9 Å². The number of anilines is 1. The van der Waals surface area contributed by atoms with Crippen LogP contribution in [0.4, 0.5) is 5.69 Å². The molecule has 1 amide bonds. The molecule has 2 heterocycles. The van der Waals surface area contributed by atoms with Crippen molar-refractivity contribution in [1.82, 2.24) is 14.8 Å². The third-order valence-electron chi connectivity index (χ3n) is 2.95. The number of thioether (sulfide) groups is 1. The first-order chi connectivity index (χ1) is 10.4. The molecule has 0 aliphatic carbocycles. The minimum atomic E-state index is -1.21. The van der Waals surface area contributed by atoms with E-state index in [1.54, 1.807) is 43.3 Å². The molecule has 21 heavy (non-hydrogen) atoms. The van der Waals surface area contributed by atoms with Gasteiger partial charge in [0.05, 0.1) is 18.1 Å². The van der Waals surface area contributed by atoms with Gasteiger partial charge in [-0.3, -0.25) is 9.78 Å². The van der Waals surface area contributed by atoms with Crippen molar-refractivity contribution in [3.63, 3.8) is 0 Å². The average molecular weight is 326 g/mol. The molecule has 1 atom stereocenters. The lowest BCUT2D eigenvalue weighted by molar-refractivity contribution is -0.120. The topological polar surface area (TPSA) is 51.0 Å². The highest BCUT2D eigenvalue weighted by Crippen LogP contribution is 2.26. The number of hydrogen-bond acceptors (Lipinski definition) is 4. The van der Waals surface area contributed by atoms with E-state index in [9.17, 15) is 4.79 Å². The summed E-state index contributed by atoms with van der Waals surface area (Å²) in [4.78, 5) is 17.9. The summed E-state index contributed by atoms with van der Waals surface area (Å²) in [6, 6.07) is 3.63. The van der Waals surface area contributed by atoms with Gasteiger partial charge in [-0.2, -0.15) is 16.9 Å². The van der Waals surface area contributed by atoms with Gasteiger partial charge in [0.15, 0.2) is 5.15 Å². The maximum atomic E-state index is 12.5. The Kier molecular flexibility index (Phi) is 4.77. The standard InChI is InChI=1S/C14H17ClN4OS/c1-10(9-21-3)14(20)18(2)12-8-19(17-13(12)15)11-5-4-6-16-7-11/h4-8,10H,9H2,1-3H3/i10D. The van der Waals surface area contributed by atoms with Crippen LogP contribution in [0.1, 0.15) is 8.29 Å². The van der Waals surface area contributed by atoms with E-state index in [1.165, 1.54) is 16.7 Å². The maximum absolute atomic E-state index is 12.5. The zero-order chi connectivity index (χ0) is 16.3. The molecular formula is C14H17ClN4OS. The van der Waals surface area contributed by atoms with Gasteiger partial charge in [0, 0.05) is 26.3 Å². The largest absolute Gasteiger partial charge is 0.311 e. The smallest absolute Gasteiger partial charge is 0.230 e. The molecule has 0 radical (unpaired) electrons. The summed E-state index contributed by atoms with van der Waals surface area (Å²) in [7, 11) is 1.60. The Hall–Kier alpha value is -1.53. The Morgan fingerprint density at radius 2 is 2.43 bits per heavy atom. The number of halogens is 1. The Morgan fingerprint density at radius 1 is 1.67 bits per heavy atom. The van der Waals surface area contributed by atoms with Crippen LogP contribution in [0.5, 0.6) is 0 Å². The summed E-state index contributed by atoms with van der Waals surface area (Å²) in [6.45, 7) is 1.60. The van der Waals surface area contributed by atoms with Gasteiger partial charge in [-0.25, -0.2) is 4.68 Å². The van der Waals surface area contributed by atoms with Crippen LogP contribution in [-0.2, 0) is 4.79 Å². The Labute approximate surface area is 134 Å². The number of carbonyl (C=O) groups excluding carboxylic acids is 1. The first-order valence-corrected chi connectivity index (χ1v) is 8.06. The molecule has 0 bridgehead atoms. The zero-order valence-electron chi connectivity index (χ0n) is 13.1. The van der Waals surface area contributed by atoms with E-state index in [-0.39, 0.29) is 11.1 Å². The number of hydrogen-bond donors (Lipinski definition) is 0. The number of aromatic nitrogens is 3. The third kappa shape index (κ3) is 3.57. The fraction of sp³-hybridized carbons (Fsp3) is 0.357. The molecule has 2 aromatic rings. The summed E-state index contributed by atoms with van der Waals surface area (Å²) < 4.78 is 9.72.